The summed E-state index contributed by atoms with van der Waals surface area (Å²) in [7, 11) is -10.7. The second-order valence-corrected chi connectivity index (χ2v) is 5.69. The van der Waals surface area contributed by atoms with Crippen LogP contribution in [0.5, 0.6) is 0 Å². The predicted octanol–water partition coefficient (Wildman–Crippen LogP) is 4.89. The molecule has 0 aromatic rings. The van der Waals surface area contributed by atoms with E-state index in [1.54, 1.807) is 0 Å². The molecule has 9 heteroatoms. The van der Waals surface area contributed by atoms with E-state index >= 15 is 0 Å². The van der Waals surface area contributed by atoms with Gasteiger partial charge in [0, 0.05) is 0 Å². The molecule has 0 rings (SSSR count). The third kappa shape index (κ3) is 40.6. The molecule has 0 spiro atoms. The average molecular weight is 280 g/mol. The van der Waals surface area contributed by atoms with Gasteiger partial charge in [0.15, 0.2) is 0 Å². The molecule has 0 saturated carbocycles. The standard InChI is InChI=1S/C6H14OS.F6P/c1-4-5-6(2,3)7-8;1-7(2,3,4,5)6/h8H,4-5H2,1-3H3;/q;-1/p+1. The molecule has 0 saturated heterocycles. The van der Waals surface area contributed by atoms with Gasteiger partial charge >= 0.3 is 33.0 Å². The summed E-state index contributed by atoms with van der Waals surface area (Å²) in [5.41, 5.74) is 0.00559. The molecule has 0 amide bonds. The molecule has 15 heavy (non-hydrogen) atoms. The first kappa shape index (κ1) is 17.7. The third-order valence-corrected chi connectivity index (χ3v) is 1.68. The van der Waals surface area contributed by atoms with E-state index in [-0.39, 0.29) is 5.60 Å². The number of hydrogen-bond donors (Lipinski definition) is 0. The van der Waals surface area contributed by atoms with Crippen molar-refractivity contribution < 1.29 is 29.4 Å². The van der Waals surface area contributed by atoms with Crippen molar-refractivity contribution in [2.24, 2.45) is 0 Å². The second-order valence-electron chi connectivity index (χ2n) is 3.57. The Labute approximate surface area is 90.0 Å². The molecule has 0 aromatic heterocycles. The van der Waals surface area contributed by atoms with E-state index in [1.807, 2.05) is 0 Å². The van der Waals surface area contributed by atoms with Crippen LogP contribution >= 0.6 is 7.81 Å². The zero-order chi connectivity index (χ0) is 13.0. The van der Waals surface area contributed by atoms with E-state index in [2.05, 4.69) is 33.7 Å². The first-order valence-corrected chi connectivity index (χ1v) is 6.42. The summed E-state index contributed by atoms with van der Waals surface area (Å²) in [6, 6.07) is 0. The van der Waals surface area contributed by atoms with Gasteiger partial charge in [0.05, 0.1) is 0 Å². The maximum absolute atomic E-state index is 10.7. The summed E-state index contributed by atoms with van der Waals surface area (Å²) in [5, 5.41) is 0. The van der Waals surface area contributed by atoms with Crippen molar-refractivity contribution in [3.8, 4) is 0 Å². The normalized spacial score (nSPS) is 17.2. The van der Waals surface area contributed by atoms with Crippen molar-refractivity contribution in [1.29, 1.82) is 0 Å². The van der Waals surface area contributed by atoms with E-state index in [0.29, 0.717) is 0 Å². The minimum absolute atomic E-state index is 0.00559. The number of hydrogen-bond acceptors (Lipinski definition) is 1. The summed E-state index contributed by atoms with van der Waals surface area (Å²) < 4.78 is 64.2. The van der Waals surface area contributed by atoms with Gasteiger partial charge in [-0.3, -0.25) is 0 Å². The number of rotatable bonds is 3. The van der Waals surface area contributed by atoms with Gasteiger partial charge in [-0.1, -0.05) is 13.3 Å². The van der Waals surface area contributed by atoms with Crippen LogP contribution in [0.4, 0.5) is 25.2 Å². The van der Waals surface area contributed by atoms with Crippen LogP contribution in [0.15, 0.2) is 0 Å². The van der Waals surface area contributed by atoms with Crippen LogP contribution in [0.1, 0.15) is 33.6 Å². The van der Waals surface area contributed by atoms with Gasteiger partial charge < -0.3 is 0 Å². The van der Waals surface area contributed by atoms with Crippen molar-refractivity contribution in [2.75, 3.05) is 0 Å². The molecule has 0 aliphatic carbocycles. The van der Waals surface area contributed by atoms with Crippen LogP contribution < -0.4 is 0 Å². The van der Waals surface area contributed by atoms with Crippen LogP contribution in [0.3, 0.4) is 0 Å². The van der Waals surface area contributed by atoms with Crippen molar-refractivity contribution >= 4 is 20.7 Å². The van der Waals surface area contributed by atoms with Crippen molar-refractivity contribution in [1.82, 2.24) is 0 Å². The SMILES string of the molecule is CCCC(C)(C)O[SH2+].F[P-](F)(F)(F)(F)F. The molecular formula is C6H15F6OPS. The van der Waals surface area contributed by atoms with Gasteiger partial charge in [0.25, 0.3) is 0 Å². The predicted molar refractivity (Wildman–Crippen MR) is 53.8 cm³/mol. The zero-order valence-electron chi connectivity index (χ0n) is 8.54. The molecule has 0 unspecified atom stereocenters. The molecule has 0 fully saturated rings. The van der Waals surface area contributed by atoms with Crippen LogP contribution in [-0.4, -0.2) is 5.60 Å². The molecule has 98 valence electrons. The minimum atomic E-state index is -10.7. The van der Waals surface area contributed by atoms with Crippen LogP contribution in [0, 0.1) is 0 Å². The molecule has 0 heterocycles. The van der Waals surface area contributed by atoms with Gasteiger partial charge in [-0.2, -0.15) is 4.18 Å². The topological polar surface area (TPSA) is 9.23 Å². The zero-order valence-corrected chi connectivity index (χ0v) is 10.4. The molecule has 0 aliphatic heterocycles. The fourth-order valence-corrected chi connectivity index (χ4v) is 0.755. The van der Waals surface area contributed by atoms with Gasteiger partial charge in [-0.05, 0) is 20.3 Å². The summed E-state index contributed by atoms with van der Waals surface area (Å²) in [6.45, 7) is 6.26. The fourth-order valence-electron chi connectivity index (χ4n) is 0.653. The van der Waals surface area contributed by atoms with Gasteiger partial charge in [-0.15, -0.1) is 0 Å². The Morgan fingerprint density at radius 2 is 1.33 bits per heavy atom. The quantitative estimate of drug-likeness (QED) is 0.406. The maximum atomic E-state index is 9.87. The van der Waals surface area contributed by atoms with Crippen LogP contribution in [-0.2, 0) is 17.1 Å². The summed E-state index contributed by atoms with van der Waals surface area (Å²) in [5.74, 6) is 0. The van der Waals surface area contributed by atoms with E-state index < -0.39 is 7.81 Å². The van der Waals surface area contributed by atoms with E-state index in [0.717, 1.165) is 12.8 Å². The van der Waals surface area contributed by atoms with Crippen LogP contribution in [0.25, 0.3) is 0 Å². The monoisotopic (exact) mass is 280 g/mol. The van der Waals surface area contributed by atoms with Gasteiger partial charge in [0.1, 0.15) is 18.5 Å². The summed E-state index contributed by atoms with van der Waals surface area (Å²) >= 11 is 3.02. The molecule has 0 atom stereocenters. The van der Waals surface area contributed by atoms with E-state index in [4.69, 9.17) is 4.18 Å². The molecule has 0 aromatic carbocycles. The summed E-state index contributed by atoms with van der Waals surface area (Å²) in [6.07, 6.45) is 2.26. The Morgan fingerprint density at radius 1 is 1.07 bits per heavy atom. The molecular weight excluding hydrogens is 265 g/mol. The molecule has 0 bridgehead atoms. The first-order chi connectivity index (χ1) is 6.07. The van der Waals surface area contributed by atoms with Crippen molar-refractivity contribution in [3.05, 3.63) is 0 Å². The van der Waals surface area contributed by atoms with Gasteiger partial charge in [-0.25, -0.2) is 0 Å². The second kappa shape index (κ2) is 4.30. The van der Waals surface area contributed by atoms with E-state index in [9.17, 15) is 25.2 Å². The Balaban J connectivity index is 0. The molecule has 1 nitrogen and oxygen atoms in total. The Kier molecular flexibility index (Phi) is 5.07. The molecule has 0 N–H and O–H groups in total. The molecule has 0 aliphatic rings. The van der Waals surface area contributed by atoms with Crippen LogP contribution in [0.2, 0.25) is 0 Å². The first-order valence-electron chi connectivity index (χ1n) is 3.98. The van der Waals surface area contributed by atoms with E-state index in [1.165, 1.54) is 0 Å². The molecule has 0 radical (unpaired) electrons. The Hall–Kier alpha value is 0.320. The average Bonchev–Trinajstić information content (AvgIpc) is 1.80. The third-order valence-electron chi connectivity index (χ3n) is 1.13. The Morgan fingerprint density at radius 3 is 1.40 bits per heavy atom. The Bertz CT molecular complexity index is 185. The van der Waals surface area contributed by atoms with Gasteiger partial charge in [0.2, 0.25) is 0 Å². The van der Waals surface area contributed by atoms with Crippen molar-refractivity contribution in [3.63, 3.8) is 0 Å². The van der Waals surface area contributed by atoms with Crippen molar-refractivity contribution in [2.45, 2.75) is 39.2 Å². The summed E-state index contributed by atoms with van der Waals surface area (Å²) in [4.78, 5) is 0. The fraction of sp³-hybridized carbons (Fsp3) is 1.00. The number of halogens is 6.